The number of hydrogen-bond acceptors (Lipinski definition) is 5. The summed E-state index contributed by atoms with van der Waals surface area (Å²) in [6.07, 6.45) is 3.01. The maximum absolute atomic E-state index is 11.2. The Balaban J connectivity index is 1.56. The first-order valence-electron chi connectivity index (χ1n) is 12.4. The van der Waals surface area contributed by atoms with Crippen molar-refractivity contribution in [1.29, 1.82) is 0 Å². The Labute approximate surface area is 204 Å². The molecule has 6 heteroatoms. The first-order valence-corrected chi connectivity index (χ1v) is 12.4. The van der Waals surface area contributed by atoms with Crippen LogP contribution >= 0.6 is 0 Å². The van der Waals surface area contributed by atoms with Gasteiger partial charge in [0.2, 0.25) is 0 Å². The molecule has 0 bridgehead atoms. The minimum Gasteiger partial charge on any atom is -0.300 e. The van der Waals surface area contributed by atoms with E-state index in [1.807, 2.05) is 12.1 Å². The molecule has 0 spiro atoms. The van der Waals surface area contributed by atoms with E-state index in [1.165, 1.54) is 22.8 Å². The molecule has 2 N–H and O–H groups in total. The molecule has 1 fully saturated rings. The first kappa shape index (κ1) is 26.1. The van der Waals surface area contributed by atoms with Crippen LogP contribution in [0.2, 0.25) is 0 Å². The van der Waals surface area contributed by atoms with Gasteiger partial charge >= 0.3 is 0 Å². The zero-order chi connectivity index (χ0) is 24.5. The third-order valence-corrected chi connectivity index (χ3v) is 6.76. The summed E-state index contributed by atoms with van der Waals surface area (Å²) in [7, 11) is 0. The van der Waals surface area contributed by atoms with E-state index in [4.69, 9.17) is 5.21 Å². The molecule has 184 valence electrons. The van der Waals surface area contributed by atoms with Crippen LogP contribution in [0.15, 0.2) is 54.6 Å². The Morgan fingerprint density at radius 2 is 1.65 bits per heavy atom. The molecule has 0 aromatic heterocycles. The van der Waals surface area contributed by atoms with Crippen molar-refractivity contribution >= 4 is 12.0 Å². The number of carbonyl (C=O) groups excluding carboxylic acids is 1. The Kier molecular flexibility index (Phi) is 9.84. The van der Waals surface area contributed by atoms with E-state index in [2.05, 4.69) is 78.8 Å². The number of hydrogen-bond donors (Lipinski definition) is 2. The van der Waals surface area contributed by atoms with E-state index in [0.717, 1.165) is 51.4 Å². The molecule has 0 unspecified atom stereocenters. The summed E-state index contributed by atoms with van der Waals surface area (Å²) < 4.78 is 0. The van der Waals surface area contributed by atoms with Crippen LogP contribution in [0.25, 0.3) is 6.08 Å². The SMILES string of the molecule is CCN(CC)Cc1cccc(CN2C[C@@H](C)N(Cc3ccc(C=CC(=O)NO)cc3)[C@@H](C)C2)c1. The molecule has 1 heterocycles. The lowest BCUT2D eigenvalue weighted by molar-refractivity contribution is -0.124. The van der Waals surface area contributed by atoms with Gasteiger partial charge in [0.05, 0.1) is 0 Å². The van der Waals surface area contributed by atoms with Crippen molar-refractivity contribution in [2.24, 2.45) is 0 Å². The molecule has 34 heavy (non-hydrogen) atoms. The van der Waals surface area contributed by atoms with Gasteiger partial charge in [-0.1, -0.05) is 62.4 Å². The standard InChI is InChI=1S/C28H40N4O2/c1-5-30(6-2)19-26-8-7-9-27(16-26)20-31-17-22(3)32(23(4)18-31)21-25-12-10-24(11-13-25)14-15-28(33)29-34/h7-16,22-23,34H,5-6,17-21H2,1-4H3,(H,29,33)/t22-,23+. The van der Waals surface area contributed by atoms with Crippen LogP contribution in [0.1, 0.15) is 49.9 Å². The number of benzene rings is 2. The molecule has 2 atom stereocenters. The summed E-state index contributed by atoms with van der Waals surface area (Å²) >= 11 is 0. The van der Waals surface area contributed by atoms with Crippen LogP contribution in [0.4, 0.5) is 0 Å². The molecular formula is C28H40N4O2. The van der Waals surface area contributed by atoms with Crippen LogP contribution in [-0.2, 0) is 24.4 Å². The Hall–Kier alpha value is -2.51. The average molecular weight is 465 g/mol. The average Bonchev–Trinajstić information content (AvgIpc) is 2.84. The maximum Gasteiger partial charge on any atom is 0.267 e. The molecular weight excluding hydrogens is 424 g/mol. The summed E-state index contributed by atoms with van der Waals surface area (Å²) in [5.41, 5.74) is 6.60. The van der Waals surface area contributed by atoms with E-state index in [0.29, 0.717) is 12.1 Å². The van der Waals surface area contributed by atoms with Crippen molar-refractivity contribution in [3.63, 3.8) is 0 Å². The van der Waals surface area contributed by atoms with Crippen LogP contribution in [0.5, 0.6) is 0 Å². The van der Waals surface area contributed by atoms with Crippen molar-refractivity contribution in [3.05, 3.63) is 76.9 Å². The Morgan fingerprint density at radius 1 is 1.00 bits per heavy atom. The third-order valence-electron chi connectivity index (χ3n) is 6.76. The molecule has 1 saturated heterocycles. The Morgan fingerprint density at radius 3 is 2.26 bits per heavy atom. The van der Waals surface area contributed by atoms with Gasteiger partial charge in [-0.25, -0.2) is 5.48 Å². The first-order chi connectivity index (χ1) is 16.4. The number of amides is 1. The lowest BCUT2D eigenvalue weighted by Crippen LogP contribution is -2.55. The van der Waals surface area contributed by atoms with E-state index < -0.39 is 5.91 Å². The molecule has 6 nitrogen and oxygen atoms in total. The van der Waals surface area contributed by atoms with E-state index in [1.54, 1.807) is 11.6 Å². The molecule has 0 radical (unpaired) electrons. The number of nitrogens with zero attached hydrogens (tertiary/aromatic N) is 3. The van der Waals surface area contributed by atoms with Crippen molar-refractivity contribution in [3.8, 4) is 0 Å². The van der Waals surface area contributed by atoms with Gasteiger partial charge in [-0.2, -0.15) is 0 Å². The summed E-state index contributed by atoms with van der Waals surface area (Å²) in [4.78, 5) is 18.8. The van der Waals surface area contributed by atoms with Gasteiger partial charge in [-0.05, 0) is 55.3 Å². The second-order valence-corrected chi connectivity index (χ2v) is 9.40. The second-order valence-electron chi connectivity index (χ2n) is 9.40. The normalized spacial score (nSPS) is 19.7. The highest BCUT2D eigenvalue weighted by Crippen LogP contribution is 2.21. The van der Waals surface area contributed by atoms with Gasteiger partial charge in [-0.3, -0.25) is 24.7 Å². The highest BCUT2D eigenvalue weighted by Gasteiger charge is 2.29. The number of carbonyl (C=O) groups is 1. The van der Waals surface area contributed by atoms with Gasteiger partial charge in [0, 0.05) is 50.9 Å². The van der Waals surface area contributed by atoms with Crippen molar-refractivity contribution in [1.82, 2.24) is 20.2 Å². The van der Waals surface area contributed by atoms with Crippen molar-refractivity contribution in [2.45, 2.75) is 59.4 Å². The number of rotatable bonds is 10. The van der Waals surface area contributed by atoms with Crippen LogP contribution in [-0.4, -0.2) is 64.1 Å². The zero-order valence-corrected chi connectivity index (χ0v) is 21.1. The van der Waals surface area contributed by atoms with E-state index in [9.17, 15) is 4.79 Å². The summed E-state index contributed by atoms with van der Waals surface area (Å²) in [5.74, 6) is -0.528. The second kappa shape index (κ2) is 12.8. The predicted octanol–water partition coefficient (Wildman–Crippen LogP) is 4.14. The monoisotopic (exact) mass is 464 g/mol. The Bertz CT molecular complexity index is 928. The summed E-state index contributed by atoms with van der Waals surface area (Å²) in [6.45, 7) is 16.3. The fourth-order valence-electron chi connectivity index (χ4n) is 4.85. The summed E-state index contributed by atoms with van der Waals surface area (Å²) in [5, 5.41) is 8.59. The topological polar surface area (TPSA) is 59.0 Å². The predicted molar refractivity (Wildman–Crippen MR) is 138 cm³/mol. The van der Waals surface area contributed by atoms with Crippen molar-refractivity contribution < 1.29 is 10.0 Å². The van der Waals surface area contributed by atoms with E-state index in [-0.39, 0.29) is 0 Å². The molecule has 0 saturated carbocycles. The van der Waals surface area contributed by atoms with Crippen LogP contribution in [0.3, 0.4) is 0 Å². The molecule has 2 aromatic rings. The van der Waals surface area contributed by atoms with E-state index >= 15 is 0 Å². The quantitative estimate of drug-likeness (QED) is 0.314. The lowest BCUT2D eigenvalue weighted by Gasteiger charge is -2.44. The smallest absolute Gasteiger partial charge is 0.267 e. The van der Waals surface area contributed by atoms with Crippen molar-refractivity contribution in [2.75, 3.05) is 26.2 Å². The molecule has 2 aromatic carbocycles. The highest BCUT2D eigenvalue weighted by molar-refractivity contribution is 5.90. The van der Waals surface area contributed by atoms with Crippen LogP contribution in [0, 0.1) is 0 Å². The van der Waals surface area contributed by atoms with Gasteiger partial charge in [0.25, 0.3) is 5.91 Å². The fourth-order valence-corrected chi connectivity index (χ4v) is 4.85. The number of nitrogens with one attached hydrogen (secondary N) is 1. The van der Waals surface area contributed by atoms with Gasteiger partial charge in [0.1, 0.15) is 0 Å². The van der Waals surface area contributed by atoms with Gasteiger partial charge < -0.3 is 0 Å². The van der Waals surface area contributed by atoms with Crippen LogP contribution < -0.4 is 5.48 Å². The molecule has 0 aliphatic carbocycles. The molecule has 3 rings (SSSR count). The molecule has 1 aliphatic heterocycles. The molecule has 1 aliphatic rings. The highest BCUT2D eigenvalue weighted by atomic mass is 16.5. The maximum atomic E-state index is 11.2. The third kappa shape index (κ3) is 7.50. The lowest BCUT2D eigenvalue weighted by atomic mass is 10.0. The summed E-state index contributed by atoms with van der Waals surface area (Å²) in [6, 6.07) is 18.3. The molecule has 1 amide bonds. The zero-order valence-electron chi connectivity index (χ0n) is 21.1. The minimum absolute atomic E-state index is 0.468. The van der Waals surface area contributed by atoms with Gasteiger partial charge in [0.15, 0.2) is 0 Å². The fraction of sp³-hybridized carbons (Fsp3) is 0.464. The number of hydroxylamine groups is 1. The largest absolute Gasteiger partial charge is 0.300 e. The van der Waals surface area contributed by atoms with Gasteiger partial charge in [-0.15, -0.1) is 0 Å². The number of piperazine rings is 1. The minimum atomic E-state index is -0.528.